The summed E-state index contributed by atoms with van der Waals surface area (Å²) in [6.07, 6.45) is 1.98. The van der Waals surface area contributed by atoms with E-state index in [1.807, 2.05) is 13.2 Å². The van der Waals surface area contributed by atoms with Gasteiger partial charge in [0.05, 0.1) is 4.92 Å². The summed E-state index contributed by atoms with van der Waals surface area (Å²) in [6.45, 7) is 4.83. The van der Waals surface area contributed by atoms with E-state index in [-0.39, 0.29) is 11.5 Å². The van der Waals surface area contributed by atoms with Crippen molar-refractivity contribution in [2.24, 2.45) is 0 Å². The van der Waals surface area contributed by atoms with Crippen LogP contribution in [0.15, 0.2) is 0 Å². The van der Waals surface area contributed by atoms with Gasteiger partial charge in [-0.25, -0.2) is 4.98 Å². The summed E-state index contributed by atoms with van der Waals surface area (Å²) in [4.78, 5) is 18.7. The van der Waals surface area contributed by atoms with Crippen molar-refractivity contribution in [2.45, 2.75) is 13.8 Å². The van der Waals surface area contributed by atoms with Crippen LogP contribution < -0.4 is 10.6 Å². The highest BCUT2D eigenvalue weighted by molar-refractivity contribution is 7.98. The van der Waals surface area contributed by atoms with Gasteiger partial charge in [0.2, 0.25) is 11.8 Å². The van der Waals surface area contributed by atoms with Crippen LogP contribution in [-0.4, -0.2) is 40.0 Å². The normalized spacial score (nSPS) is 10.2. The Hall–Kier alpha value is -1.57. The van der Waals surface area contributed by atoms with Crippen molar-refractivity contribution in [3.63, 3.8) is 0 Å². The summed E-state index contributed by atoms with van der Waals surface area (Å²) in [5, 5.41) is 16.9. The molecule has 0 bridgehead atoms. The van der Waals surface area contributed by atoms with Gasteiger partial charge < -0.3 is 10.6 Å². The molecule has 0 unspecified atom stereocenters. The van der Waals surface area contributed by atoms with Crippen LogP contribution in [0.3, 0.4) is 0 Å². The first-order valence-electron chi connectivity index (χ1n) is 5.59. The van der Waals surface area contributed by atoms with Crippen molar-refractivity contribution in [2.75, 3.05) is 35.7 Å². The molecule has 0 aliphatic rings. The van der Waals surface area contributed by atoms with Gasteiger partial charge >= 0.3 is 5.69 Å². The summed E-state index contributed by atoms with van der Waals surface area (Å²) in [5.74, 6) is 1.54. The Kier molecular flexibility index (Phi) is 5.63. The summed E-state index contributed by atoms with van der Waals surface area (Å²) >= 11 is 1.66. The largest absolute Gasteiger partial charge is 0.363 e. The van der Waals surface area contributed by atoms with Crippen LogP contribution in [0.25, 0.3) is 0 Å². The Morgan fingerprint density at radius 3 is 2.67 bits per heavy atom. The maximum atomic E-state index is 11.0. The number of nitrogens with one attached hydrogen (secondary N) is 2. The first-order chi connectivity index (χ1) is 8.60. The van der Waals surface area contributed by atoms with Gasteiger partial charge in [0.25, 0.3) is 0 Å². The monoisotopic (exact) mass is 271 g/mol. The van der Waals surface area contributed by atoms with Gasteiger partial charge in [-0.05, 0) is 20.1 Å². The number of rotatable bonds is 7. The average Bonchev–Trinajstić information content (AvgIpc) is 2.28. The number of nitro groups is 1. The molecule has 0 radical (unpaired) electrons. The van der Waals surface area contributed by atoms with E-state index in [1.165, 1.54) is 0 Å². The molecule has 1 aromatic rings. The first kappa shape index (κ1) is 14.5. The summed E-state index contributed by atoms with van der Waals surface area (Å²) < 4.78 is 0. The van der Waals surface area contributed by atoms with Crippen molar-refractivity contribution in [3.8, 4) is 0 Å². The van der Waals surface area contributed by atoms with Crippen LogP contribution in [0.4, 0.5) is 17.5 Å². The Balaban J connectivity index is 3.03. The van der Waals surface area contributed by atoms with Gasteiger partial charge in [-0.1, -0.05) is 0 Å². The SMILES string of the molecule is CCNc1nc(C)c([N+](=O)[O-])c(NCCSC)n1. The van der Waals surface area contributed by atoms with E-state index in [0.717, 1.165) is 5.75 Å². The fourth-order valence-corrected chi connectivity index (χ4v) is 1.72. The smallest absolute Gasteiger partial charge is 0.332 e. The van der Waals surface area contributed by atoms with Crippen molar-refractivity contribution in [1.82, 2.24) is 9.97 Å². The molecule has 1 rings (SSSR count). The number of anilines is 2. The van der Waals surface area contributed by atoms with Crippen LogP contribution in [0.2, 0.25) is 0 Å². The number of aryl methyl sites for hydroxylation is 1. The van der Waals surface area contributed by atoms with E-state index in [2.05, 4.69) is 20.6 Å². The van der Waals surface area contributed by atoms with Gasteiger partial charge in [-0.2, -0.15) is 16.7 Å². The number of hydrogen-bond donors (Lipinski definition) is 2. The lowest BCUT2D eigenvalue weighted by atomic mass is 10.3. The zero-order chi connectivity index (χ0) is 13.5. The van der Waals surface area contributed by atoms with Crippen molar-refractivity contribution >= 4 is 29.2 Å². The minimum absolute atomic E-state index is 0.0576. The lowest BCUT2D eigenvalue weighted by Crippen LogP contribution is -2.12. The molecule has 1 heterocycles. The molecule has 18 heavy (non-hydrogen) atoms. The van der Waals surface area contributed by atoms with E-state index in [4.69, 9.17) is 0 Å². The van der Waals surface area contributed by atoms with Gasteiger partial charge in [0.1, 0.15) is 5.69 Å². The second-order valence-corrected chi connectivity index (χ2v) is 4.52. The van der Waals surface area contributed by atoms with E-state index in [9.17, 15) is 10.1 Å². The molecule has 0 saturated heterocycles. The molecular weight excluding hydrogens is 254 g/mol. The Labute approximate surface area is 110 Å². The Morgan fingerprint density at radius 1 is 1.39 bits per heavy atom. The third kappa shape index (κ3) is 3.73. The van der Waals surface area contributed by atoms with Crippen molar-refractivity contribution < 1.29 is 4.92 Å². The quantitative estimate of drug-likeness (QED) is 0.444. The third-order valence-electron chi connectivity index (χ3n) is 2.17. The molecule has 7 nitrogen and oxygen atoms in total. The second-order valence-electron chi connectivity index (χ2n) is 3.54. The van der Waals surface area contributed by atoms with E-state index >= 15 is 0 Å². The molecular formula is C10H17N5O2S. The highest BCUT2D eigenvalue weighted by Gasteiger charge is 2.21. The topological polar surface area (TPSA) is 93.0 Å². The molecule has 1 aromatic heterocycles. The Morgan fingerprint density at radius 2 is 2.11 bits per heavy atom. The maximum absolute atomic E-state index is 11.0. The predicted molar refractivity (Wildman–Crippen MR) is 74.5 cm³/mol. The number of aromatic nitrogens is 2. The number of hydrogen-bond acceptors (Lipinski definition) is 7. The van der Waals surface area contributed by atoms with Crippen molar-refractivity contribution in [1.29, 1.82) is 0 Å². The zero-order valence-electron chi connectivity index (χ0n) is 10.7. The van der Waals surface area contributed by atoms with Crippen LogP contribution in [0, 0.1) is 17.0 Å². The number of nitrogens with zero attached hydrogens (tertiary/aromatic N) is 3. The Bertz CT molecular complexity index is 427. The molecule has 0 atom stereocenters. The molecule has 100 valence electrons. The molecule has 0 spiro atoms. The summed E-state index contributed by atoms with van der Waals surface area (Å²) in [5.41, 5.74) is 0.301. The third-order valence-corrected chi connectivity index (χ3v) is 2.79. The molecule has 8 heteroatoms. The van der Waals surface area contributed by atoms with E-state index in [1.54, 1.807) is 18.7 Å². The summed E-state index contributed by atoms with van der Waals surface area (Å²) in [7, 11) is 0. The molecule has 0 saturated carbocycles. The standard InChI is InChI=1S/C10H17N5O2S/c1-4-11-10-13-7(2)8(15(16)17)9(14-10)12-5-6-18-3/h4-6H2,1-3H3,(H2,11,12,13,14). The van der Waals surface area contributed by atoms with Crippen LogP contribution >= 0.6 is 11.8 Å². The highest BCUT2D eigenvalue weighted by atomic mass is 32.2. The lowest BCUT2D eigenvalue weighted by Gasteiger charge is -2.09. The van der Waals surface area contributed by atoms with E-state index < -0.39 is 4.92 Å². The lowest BCUT2D eigenvalue weighted by molar-refractivity contribution is -0.385. The molecule has 0 aromatic carbocycles. The van der Waals surface area contributed by atoms with Crippen molar-refractivity contribution in [3.05, 3.63) is 15.8 Å². The molecule has 0 amide bonds. The average molecular weight is 271 g/mol. The summed E-state index contributed by atoms with van der Waals surface area (Å²) in [6, 6.07) is 0. The predicted octanol–water partition coefficient (Wildman–Crippen LogP) is 1.90. The molecule has 0 aliphatic carbocycles. The highest BCUT2D eigenvalue weighted by Crippen LogP contribution is 2.26. The maximum Gasteiger partial charge on any atom is 0.332 e. The zero-order valence-corrected chi connectivity index (χ0v) is 11.5. The minimum atomic E-state index is -0.452. The van der Waals surface area contributed by atoms with Gasteiger partial charge in [-0.3, -0.25) is 10.1 Å². The fourth-order valence-electron chi connectivity index (χ4n) is 1.42. The van der Waals surface area contributed by atoms with Gasteiger partial charge in [0, 0.05) is 18.8 Å². The van der Waals surface area contributed by atoms with Gasteiger partial charge in [-0.15, -0.1) is 0 Å². The van der Waals surface area contributed by atoms with Gasteiger partial charge in [0.15, 0.2) is 0 Å². The fraction of sp³-hybridized carbons (Fsp3) is 0.600. The second kappa shape index (κ2) is 7.00. The van der Waals surface area contributed by atoms with Crippen LogP contribution in [0.1, 0.15) is 12.6 Å². The van der Waals surface area contributed by atoms with E-state index in [0.29, 0.717) is 24.7 Å². The van der Waals surface area contributed by atoms with Crippen LogP contribution in [-0.2, 0) is 0 Å². The number of thioether (sulfide) groups is 1. The minimum Gasteiger partial charge on any atom is -0.363 e. The molecule has 0 aliphatic heterocycles. The molecule has 2 N–H and O–H groups in total. The van der Waals surface area contributed by atoms with Crippen LogP contribution in [0.5, 0.6) is 0 Å². The first-order valence-corrected chi connectivity index (χ1v) is 6.99. The molecule has 0 fully saturated rings.